The highest BCUT2D eigenvalue weighted by atomic mass is 35.5. The summed E-state index contributed by atoms with van der Waals surface area (Å²) in [6.45, 7) is -0.0154. The van der Waals surface area contributed by atoms with Gasteiger partial charge in [-0.3, -0.25) is 10.1 Å². The molecule has 2 aromatic rings. The molecule has 2 fully saturated rings. The van der Waals surface area contributed by atoms with Crippen LogP contribution in [0.5, 0.6) is 0 Å². The zero-order valence-electron chi connectivity index (χ0n) is 17.7. The second-order valence-corrected chi connectivity index (χ2v) is 9.24. The fourth-order valence-corrected chi connectivity index (χ4v) is 5.05. The number of nitrogens with two attached hydrogens (primary N) is 1. The van der Waals surface area contributed by atoms with Crippen LogP contribution in [-0.4, -0.2) is 45.9 Å². The summed E-state index contributed by atoms with van der Waals surface area (Å²) in [5.41, 5.74) is 4.46. The molecule has 1 aromatic heterocycles. The third-order valence-corrected chi connectivity index (χ3v) is 6.84. The number of nitrogens with zero attached hydrogens (tertiary/aromatic N) is 3. The van der Waals surface area contributed by atoms with E-state index in [2.05, 4.69) is 10.4 Å². The molecule has 2 aliphatic heterocycles. The fraction of sp³-hybridized carbons (Fsp3) is 0.476. The lowest BCUT2D eigenvalue weighted by Crippen LogP contribution is -2.53. The highest BCUT2D eigenvalue weighted by Gasteiger charge is 2.52. The Bertz CT molecular complexity index is 1180. The van der Waals surface area contributed by atoms with E-state index in [0.29, 0.717) is 23.9 Å². The minimum atomic E-state index is -4.57. The first-order valence-electron chi connectivity index (χ1n) is 10.7. The van der Waals surface area contributed by atoms with Gasteiger partial charge in [0.25, 0.3) is 5.91 Å². The van der Waals surface area contributed by atoms with Crippen LogP contribution < -0.4 is 11.1 Å². The molecule has 1 saturated carbocycles. The van der Waals surface area contributed by atoms with Crippen LogP contribution in [0.4, 0.5) is 33.9 Å². The van der Waals surface area contributed by atoms with Crippen molar-refractivity contribution in [3.8, 4) is 0 Å². The maximum atomic E-state index is 15.0. The molecule has 1 spiro atoms. The number of alkyl halides is 3. The average molecular weight is 502 g/mol. The Balaban J connectivity index is 1.47. The number of amides is 2. The molecule has 1 aliphatic carbocycles. The van der Waals surface area contributed by atoms with E-state index >= 15 is 4.39 Å². The van der Waals surface area contributed by atoms with Crippen LogP contribution in [0.2, 0.25) is 5.02 Å². The van der Waals surface area contributed by atoms with Gasteiger partial charge >= 0.3 is 12.3 Å². The van der Waals surface area contributed by atoms with Crippen LogP contribution in [-0.2, 0) is 10.3 Å². The molecule has 0 unspecified atom stereocenters. The summed E-state index contributed by atoms with van der Waals surface area (Å²) >= 11 is 5.96. The lowest BCUT2D eigenvalue weighted by Gasteiger charge is -2.45. The Kier molecular flexibility index (Phi) is 5.19. The minimum absolute atomic E-state index is 0.0200. The van der Waals surface area contributed by atoms with E-state index in [9.17, 15) is 22.8 Å². The number of halogens is 5. The first kappa shape index (κ1) is 22.8. The summed E-state index contributed by atoms with van der Waals surface area (Å²) in [5, 5.41) is 6.04. The van der Waals surface area contributed by atoms with Crippen LogP contribution >= 0.6 is 11.6 Å². The SMILES string of the molecule is Nc1c(C(=O)N2CCC[C@@]3(C2)OC(=O)Nc2ccc(Cl)c(F)c23)cnn1[C@H](C1CC1)C(F)(F)F. The largest absolute Gasteiger partial charge is 0.436 e. The molecule has 3 aliphatic rings. The Morgan fingerprint density at radius 1 is 1.35 bits per heavy atom. The van der Waals surface area contributed by atoms with Crippen molar-refractivity contribution < 1.29 is 31.9 Å². The van der Waals surface area contributed by atoms with Crippen molar-refractivity contribution in [1.82, 2.24) is 14.7 Å². The topological polar surface area (TPSA) is 102 Å². The molecule has 182 valence electrons. The molecule has 3 heterocycles. The van der Waals surface area contributed by atoms with Crippen molar-refractivity contribution in [3.05, 3.63) is 40.3 Å². The molecule has 0 bridgehead atoms. The van der Waals surface area contributed by atoms with Gasteiger partial charge in [-0.1, -0.05) is 11.6 Å². The standard InChI is InChI=1S/C21H20ClF4N5O3/c22-12-4-5-13-14(15(12)23)20(34-19(33)29-13)6-1-7-30(9-20)18(32)11-8-28-31(17(11)27)16(10-2-3-10)21(24,25)26/h4-5,8,10,16H,1-3,6-7,9,27H2,(H,29,33)/t16-,20+/m1/s1. The van der Waals surface area contributed by atoms with Crippen molar-refractivity contribution in [3.63, 3.8) is 0 Å². The predicted octanol–water partition coefficient (Wildman–Crippen LogP) is 4.46. The van der Waals surface area contributed by atoms with Crippen molar-refractivity contribution in [1.29, 1.82) is 0 Å². The van der Waals surface area contributed by atoms with E-state index in [1.165, 1.54) is 17.0 Å². The third kappa shape index (κ3) is 3.64. The highest BCUT2D eigenvalue weighted by Crippen LogP contribution is 2.49. The molecular weight excluding hydrogens is 482 g/mol. The number of likely N-dealkylation sites (tertiary alicyclic amines) is 1. The molecule has 2 amide bonds. The van der Waals surface area contributed by atoms with E-state index in [1.54, 1.807) is 0 Å². The quantitative estimate of drug-likeness (QED) is 0.604. The zero-order valence-corrected chi connectivity index (χ0v) is 18.4. The number of aromatic nitrogens is 2. The van der Waals surface area contributed by atoms with Crippen molar-refractivity contribution in [2.75, 3.05) is 24.1 Å². The molecule has 13 heteroatoms. The van der Waals surface area contributed by atoms with Gasteiger partial charge in [-0.2, -0.15) is 18.3 Å². The molecule has 1 saturated heterocycles. The molecule has 5 rings (SSSR count). The lowest BCUT2D eigenvalue weighted by atomic mass is 9.83. The Hall–Kier alpha value is -3.02. The van der Waals surface area contributed by atoms with Crippen molar-refractivity contribution in [2.24, 2.45) is 5.92 Å². The van der Waals surface area contributed by atoms with Crippen LogP contribution in [0.15, 0.2) is 18.3 Å². The fourth-order valence-electron chi connectivity index (χ4n) is 4.89. The van der Waals surface area contributed by atoms with Gasteiger partial charge in [-0.25, -0.2) is 13.9 Å². The van der Waals surface area contributed by atoms with E-state index in [4.69, 9.17) is 22.1 Å². The molecule has 8 nitrogen and oxygen atoms in total. The number of ether oxygens (including phenoxy) is 1. The second-order valence-electron chi connectivity index (χ2n) is 8.83. The first-order chi connectivity index (χ1) is 16.0. The molecule has 0 radical (unpaired) electrons. The zero-order chi connectivity index (χ0) is 24.4. The minimum Gasteiger partial charge on any atom is -0.436 e. The Morgan fingerprint density at radius 2 is 2.09 bits per heavy atom. The molecular formula is C21H20ClF4N5O3. The smallest absolute Gasteiger partial charge is 0.412 e. The van der Waals surface area contributed by atoms with Crippen LogP contribution in [0.25, 0.3) is 0 Å². The Morgan fingerprint density at radius 3 is 2.76 bits per heavy atom. The van der Waals surface area contributed by atoms with Gasteiger partial charge in [0.2, 0.25) is 0 Å². The summed E-state index contributed by atoms with van der Waals surface area (Å²) in [4.78, 5) is 26.8. The molecule has 2 atom stereocenters. The summed E-state index contributed by atoms with van der Waals surface area (Å²) in [7, 11) is 0. The van der Waals surface area contributed by atoms with Gasteiger partial charge in [0.15, 0.2) is 17.5 Å². The normalized spacial score (nSPS) is 23.3. The second kappa shape index (κ2) is 7.76. The van der Waals surface area contributed by atoms with Gasteiger partial charge < -0.3 is 15.4 Å². The van der Waals surface area contributed by atoms with Crippen molar-refractivity contribution >= 4 is 35.1 Å². The number of benzene rings is 1. The first-order valence-corrected chi connectivity index (χ1v) is 11.1. The molecule has 3 N–H and O–H groups in total. The number of nitrogens with one attached hydrogen (secondary N) is 1. The predicted molar refractivity (Wildman–Crippen MR) is 113 cm³/mol. The number of fused-ring (bicyclic) bond motifs is 2. The average Bonchev–Trinajstić information content (AvgIpc) is 3.52. The van der Waals surface area contributed by atoms with Crippen molar-refractivity contribution in [2.45, 2.75) is 43.5 Å². The van der Waals surface area contributed by atoms with Crippen LogP contribution in [0.1, 0.15) is 47.6 Å². The number of anilines is 2. The third-order valence-electron chi connectivity index (χ3n) is 6.55. The van der Waals surface area contributed by atoms with E-state index < -0.39 is 47.4 Å². The molecule has 1 aromatic carbocycles. The maximum Gasteiger partial charge on any atom is 0.412 e. The maximum absolute atomic E-state index is 15.0. The van der Waals surface area contributed by atoms with Gasteiger partial charge in [0.05, 0.1) is 29.0 Å². The van der Waals surface area contributed by atoms with E-state index in [1.807, 2.05) is 0 Å². The summed E-state index contributed by atoms with van der Waals surface area (Å²) < 4.78 is 62.0. The van der Waals surface area contributed by atoms with Gasteiger partial charge in [-0.15, -0.1) is 0 Å². The number of hydrogen-bond donors (Lipinski definition) is 2. The summed E-state index contributed by atoms with van der Waals surface area (Å²) in [6.07, 6.45) is -3.01. The van der Waals surface area contributed by atoms with E-state index in [0.717, 1.165) is 6.20 Å². The number of nitrogen functional groups attached to an aromatic ring is 1. The lowest BCUT2D eigenvalue weighted by molar-refractivity contribution is -0.175. The monoisotopic (exact) mass is 501 g/mol. The molecule has 34 heavy (non-hydrogen) atoms. The number of hydrogen-bond acceptors (Lipinski definition) is 5. The number of carbonyl (C=O) groups is 2. The van der Waals surface area contributed by atoms with Gasteiger partial charge in [0, 0.05) is 6.54 Å². The van der Waals surface area contributed by atoms with Gasteiger partial charge in [0.1, 0.15) is 11.4 Å². The number of carbonyl (C=O) groups excluding carboxylic acids is 2. The summed E-state index contributed by atoms with van der Waals surface area (Å²) in [5.74, 6) is -2.49. The van der Waals surface area contributed by atoms with Crippen LogP contribution in [0, 0.1) is 11.7 Å². The number of piperidine rings is 1. The highest BCUT2D eigenvalue weighted by molar-refractivity contribution is 6.31. The van der Waals surface area contributed by atoms with Gasteiger partial charge in [-0.05, 0) is 43.7 Å². The Labute approximate surface area is 196 Å². The summed E-state index contributed by atoms with van der Waals surface area (Å²) in [6, 6.07) is 0.837. The number of rotatable bonds is 3. The van der Waals surface area contributed by atoms with E-state index in [-0.39, 0.29) is 41.3 Å². The van der Waals surface area contributed by atoms with Crippen LogP contribution in [0.3, 0.4) is 0 Å².